The molecule has 1 saturated heterocycles. The van der Waals surface area contributed by atoms with Gasteiger partial charge in [0.1, 0.15) is 0 Å². The van der Waals surface area contributed by atoms with Gasteiger partial charge in [0.25, 0.3) is 0 Å². The molecule has 2 atom stereocenters. The van der Waals surface area contributed by atoms with Crippen molar-refractivity contribution in [2.75, 3.05) is 20.1 Å². The molecule has 0 N–H and O–H groups in total. The van der Waals surface area contributed by atoms with Gasteiger partial charge in [0.05, 0.1) is 0 Å². The van der Waals surface area contributed by atoms with E-state index in [1.165, 1.54) is 38.8 Å². The Kier molecular flexibility index (Phi) is 5.42. The molecule has 3 aliphatic rings. The van der Waals surface area contributed by atoms with Gasteiger partial charge >= 0.3 is 0 Å². The zero-order valence-corrected chi connectivity index (χ0v) is 13.7. The summed E-state index contributed by atoms with van der Waals surface area (Å²) in [4.78, 5) is 2.58. The van der Waals surface area contributed by atoms with Crippen LogP contribution in [0.25, 0.3) is 0 Å². The van der Waals surface area contributed by atoms with Gasteiger partial charge in [-0.05, 0) is 69.5 Å². The van der Waals surface area contributed by atoms with Crippen LogP contribution in [0.5, 0.6) is 0 Å². The number of hydrogen-bond acceptors (Lipinski definition) is 1. The molecular weight excluding hydrogens is 242 g/mol. The number of rotatable bonds is 6. The molecule has 0 aromatic carbocycles. The zero-order valence-electron chi connectivity index (χ0n) is 13.7. The monoisotopic (exact) mass is 277 g/mol. The SMILES string of the molecule is CN1CCC(CCC2CCC2)C(CCC2CCC2)CC1. The van der Waals surface area contributed by atoms with Gasteiger partial charge in [-0.25, -0.2) is 0 Å². The smallest absolute Gasteiger partial charge is 0.00190 e. The molecule has 0 aromatic heterocycles. The van der Waals surface area contributed by atoms with E-state index in [0.717, 1.165) is 23.7 Å². The first-order valence-electron chi connectivity index (χ1n) is 9.50. The quantitative estimate of drug-likeness (QED) is 0.652. The molecule has 1 aliphatic heterocycles. The van der Waals surface area contributed by atoms with E-state index in [-0.39, 0.29) is 0 Å². The topological polar surface area (TPSA) is 3.24 Å². The summed E-state index contributed by atoms with van der Waals surface area (Å²) in [5.41, 5.74) is 0. The fourth-order valence-corrected chi connectivity index (χ4v) is 4.58. The van der Waals surface area contributed by atoms with Gasteiger partial charge in [-0.15, -0.1) is 0 Å². The van der Waals surface area contributed by atoms with Crippen LogP contribution in [-0.4, -0.2) is 25.0 Å². The largest absolute Gasteiger partial charge is 0.306 e. The summed E-state index contributed by atoms with van der Waals surface area (Å²) in [5.74, 6) is 4.34. The summed E-state index contributed by atoms with van der Waals surface area (Å²) in [6.45, 7) is 2.71. The number of likely N-dealkylation sites (tertiary alicyclic amines) is 1. The highest BCUT2D eigenvalue weighted by molar-refractivity contribution is 4.81. The molecule has 0 spiro atoms. The molecule has 2 aliphatic carbocycles. The Morgan fingerprint density at radius 3 is 1.45 bits per heavy atom. The van der Waals surface area contributed by atoms with Crippen molar-refractivity contribution < 1.29 is 0 Å². The molecule has 2 unspecified atom stereocenters. The van der Waals surface area contributed by atoms with E-state index >= 15 is 0 Å². The fourth-order valence-electron chi connectivity index (χ4n) is 4.58. The highest BCUT2D eigenvalue weighted by Gasteiger charge is 2.28. The molecule has 1 heteroatoms. The molecule has 1 heterocycles. The van der Waals surface area contributed by atoms with Gasteiger partial charge in [0.15, 0.2) is 0 Å². The second kappa shape index (κ2) is 7.29. The lowest BCUT2D eigenvalue weighted by molar-refractivity contribution is 0.200. The second-order valence-electron chi connectivity index (χ2n) is 8.15. The molecule has 0 amide bonds. The molecular formula is C19H35N. The van der Waals surface area contributed by atoms with E-state index in [1.807, 2.05) is 0 Å². The third kappa shape index (κ3) is 4.00. The predicted molar refractivity (Wildman–Crippen MR) is 86.9 cm³/mol. The van der Waals surface area contributed by atoms with Gasteiger partial charge in [-0.1, -0.05) is 51.4 Å². The van der Waals surface area contributed by atoms with Crippen LogP contribution in [0.15, 0.2) is 0 Å². The minimum atomic E-state index is 1.06. The van der Waals surface area contributed by atoms with Crippen molar-refractivity contribution >= 4 is 0 Å². The summed E-state index contributed by atoms with van der Waals surface area (Å²) in [7, 11) is 2.33. The van der Waals surface area contributed by atoms with E-state index in [9.17, 15) is 0 Å². The van der Waals surface area contributed by atoms with Gasteiger partial charge in [0.2, 0.25) is 0 Å². The minimum absolute atomic E-state index is 1.06. The maximum absolute atomic E-state index is 2.58. The molecule has 2 saturated carbocycles. The maximum Gasteiger partial charge on any atom is -0.00190 e. The molecule has 0 radical (unpaired) electrons. The van der Waals surface area contributed by atoms with Crippen molar-refractivity contribution in [3.63, 3.8) is 0 Å². The van der Waals surface area contributed by atoms with Crippen LogP contribution in [0.1, 0.15) is 77.0 Å². The van der Waals surface area contributed by atoms with Crippen LogP contribution in [0.3, 0.4) is 0 Å². The van der Waals surface area contributed by atoms with Crippen LogP contribution < -0.4 is 0 Å². The average Bonchev–Trinajstić information content (AvgIpc) is 2.49. The van der Waals surface area contributed by atoms with Crippen molar-refractivity contribution in [2.45, 2.75) is 77.0 Å². The third-order valence-corrected chi connectivity index (χ3v) is 6.77. The van der Waals surface area contributed by atoms with E-state index in [1.54, 1.807) is 51.4 Å². The highest BCUT2D eigenvalue weighted by atomic mass is 15.1. The number of nitrogens with zero attached hydrogens (tertiary/aromatic N) is 1. The van der Waals surface area contributed by atoms with Crippen LogP contribution in [-0.2, 0) is 0 Å². The van der Waals surface area contributed by atoms with Gasteiger partial charge in [-0.2, -0.15) is 0 Å². The maximum atomic E-state index is 2.58. The Hall–Kier alpha value is -0.0400. The summed E-state index contributed by atoms with van der Waals surface area (Å²) in [6.07, 6.45) is 18.4. The average molecular weight is 277 g/mol. The summed E-state index contributed by atoms with van der Waals surface area (Å²) in [6, 6.07) is 0. The Labute approximate surface area is 126 Å². The Balaban J connectivity index is 1.47. The summed E-state index contributed by atoms with van der Waals surface area (Å²) < 4.78 is 0. The molecule has 20 heavy (non-hydrogen) atoms. The molecule has 116 valence electrons. The summed E-state index contributed by atoms with van der Waals surface area (Å²) in [5, 5.41) is 0. The lowest BCUT2D eigenvalue weighted by Gasteiger charge is -2.32. The first-order valence-corrected chi connectivity index (χ1v) is 9.50. The van der Waals surface area contributed by atoms with E-state index < -0.39 is 0 Å². The lowest BCUT2D eigenvalue weighted by atomic mass is 9.74. The fraction of sp³-hybridized carbons (Fsp3) is 1.00. The predicted octanol–water partition coefficient (Wildman–Crippen LogP) is 5.11. The first kappa shape index (κ1) is 14.9. The summed E-state index contributed by atoms with van der Waals surface area (Å²) >= 11 is 0. The van der Waals surface area contributed by atoms with Crippen LogP contribution >= 0.6 is 0 Å². The molecule has 0 bridgehead atoms. The zero-order chi connectivity index (χ0) is 13.8. The van der Waals surface area contributed by atoms with Crippen LogP contribution in [0.4, 0.5) is 0 Å². The Bertz CT molecular complexity index is 251. The van der Waals surface area contributed by atoms with Gasteiger partial charge in [-0.3, -0.25) is 0 Å². The number of hydrogen-bond donors (Lipinski definition) is 0. The van der Waals surface area contributed by atoms with Gasteiger partial charge < -0.3 is 4.90 Å². The van der Waals surface area contributed by atoms with Crippen molar-refractivity contribution in [1.29, 1.82) is 0 Å². The van der Waals surface area contributed by atoms with Crippen LogP contribution in [0, 0.1) is 23.7 Å². The second-order valence-corrected chi connectivity index (χ2v) is 8.15. The lowest BCUT2D eigenvalue weighted by Crippen LogP contribution is -2.20. The highest BCUT2D eigenvalue weighted by Crippen LogP contribution is 2.39. The first-order chi connectivity index (χ1) is 9.81. The van der Waals surface area contributed by atoms with Crippen molar-refractivity contribution in [3.05, 3.63) is 0 Å². The van der Waals surface area contributed by atoms with Crippen molar-refractivity contribution in [3.8, 4) is 0 Å². The Morgan fingerprint density at radius 2 is 1.10 bits per heavy atom. The van der Waals surface area contributed by atoms with Crippen molar-refractivity contribution in [2.24, 2.45) is 23.7 Å². The minimum Gasteiger partial charge on any atom is -0.306 e. The molecule has 0 aromatic rings. The van der Waals surface area contributed by atoms with Gasteiger partial charge in [0, 0.05) is 0 Å². The third-order valence-electron chi connectivity index (χ3n) is 6.77. The standard InChI is InChI=1S/C19H35N/c1-20-14-12-18(10-8-16-4-2-5-16)19(13-15-20)11-9-17-6-3-7-17/h16-19H,2-15H2,1H3. The normalized spacial score (nSPS) is 33.5. The molecule has 3 rings (SSSR count). The van der Waals surface area contributed by atoms with Crippen molar-refractivity contribution in [1.82, 2.24) is 4.90 Å². The van der Waals surface area contributed by atoms with E-state index in [2.05, 4.69) is 11.9 Å². The van der Waals surface area contributed by atoms with E-state index in [0.29, 0.717) is 0 Å². The molecule has 1 nitrogen and oxygen atoms in total. The van der Waals surface area contributed by atoms with E-state index in [4.69, 9.17) is 0 Å². The Morgan fingerprint density at radius 1 is 0.650 bits per heavy atom. The molecule has 3 fully saturated rings. The van der Waals surface area contributed by atoms with Crippen LogP contribution in [0.2, 0.25) is 0 Å².